The van der Waals surface area contributed by atoms with Crippen molar-refractivity contribution in [2.75, 3.05) is 5.32 Å². The number of halogens is 2. The van der Waals surface area contributed by atoms with Gasteiger partial charge in [0.25, 0.3) is 5.76 Å². The lowest BCUT2D eigenvalue weighted by Gasteiger charge is -2.24. The second-order valence-electron chi connectivity index (χ2n) is 4.76. The molecule has 1 aliphatic carbocycles. The SMILES string of the molecule is FC(F)Sc1ccccc1NC1CCCc2occc21. The number of para-hydroxylation sites is 1. The Balaban J connectivity index is 1.82. The summed E-state index contributed by atoms with van der Waals surface area (Å²) in [6.45, 7) is 0. The summed E-state index contributed by atoms with van der Waals surface area (Å²) in [5.41, 5.74) is 1.91. The van der Waals surface area contributed by atoms with Crippen LogP contribution >= 0.6 is 11.8 Å². The first-order valence-electron chi connectivity index (χ1n) is 6.60. The van der Waals surface area contributed by atoms with Gasteiger partial charge in [-0.25, -0.2) is 0 Å². The van der Waals surface area contributed by atoms with Gasteiger partial charge in [-0.2, -0.15) is 8.78 Å². The van der Waals surface area contributed by atoms with Crippen LogP contribution in [0.3, 0.4) is 0 Å². The molecule has 5 heteroatoms. The Morgan fingerprint density at radius 1 is 1.25 bits per heavy atom. The minimum Gasteiger partial charge on any atom is -0.469 e. The van der Waals surface area contributed by atoms with Crippen LogP contribution in [-0.4, -0.2) is 5.76 Å². The van der Waals surface area contributed by atoms with Gasteiger partial charge in [0.1, 0.15) is 5.76 Å². The van der Waals surface area contributed by atoms with Gasteiger partial charge in [-0.05, 0) is 31.0 Å². The molecule has 20 heavy (non-hydrogen) atoms. The van der Waals surface area contributed by atoms with E-state index < -0.39 is 5.76 Å². The van der Waals surface area contributed by atoms with Crippen molar-refractivity contribution in [2.45, 2.75) is 36.0 Å². The van der Waals surface area contributed by atoms with E-state index in [9.17, 15) is 8.78 Å². The van der Waals surface area contributed by atoms with Crippen molar-refractivity contribution >= 4 is 17.4 Å². The van der Waals surface area contributed by atoms with Gasteiger partial charge in [-0.3, -0.25) is 0 Å². The fraction of sp³-hybridized carbons (Fsp3) is 0.333. The standard InChI is InChI=1S/C15H15F2NOS/c16-15(17)20-14-7-2-1-4-12(14)18-11-5-3-6-13-10(11)8-9-19-13/h1-2,4,7-9,11,15,18H,3,5-6H2. The normalized spacial score (nSPS) is 18.1. The minimum atomic E-state index is -2.41. The van der Waals surface area contributed by atoms with E-state index in [-0.39, 0.29) is 6.04 Å². The summed E-state index contributed by atoms with van der Waals surface area (Å²) in [4.78, 5) is 0.582. The van der Waals surface area contributed by atoms with Gasteiger partial charge in [0.05, 0.1) is 12.3 Å². The van der Waals surface area contributed by atoms with Gasteiger partial charge in [0.2, 0.25) is 0 Å². The lowest BCUT2D eigenvalue weighted by Crippen LogP contribution is -2.16. The molecular formula is C15H15F2NOS. The largest absolute Gasteiger partial charge is 0.469 e. The molecule has 1 atom stereocenters. The predicted octanol–water partition coefficient (Wildman–Crippen LogP) is 5.08. The highest BCUT2D eigenvalue weighted by atomic mass is 32.2. The third-order valence-electron chi connectivity index (χ3n) is 3.48. The number of furan rings is 1. The van der Waals surface area contributed by atoms with E-state index in [1.54, 1.807) is 18.4 Å². The third kappa shape index (κ3) is 2.82. The molecule has 1 aromatic heterocycles. The van der Waals surface area contributed by atoms with Crippen LogP contribution in [0, 0.1) is 0 Å². The number of hydrogen-bond donors (Lipinski definition) is 1. The van der Waals surface area contributed by atoms with Gasteiger partial charge < -0.3 is 9.73 Å². The van der Waals surface area contributed by atoms with Crippen molar-refractivity contribution < 1.29 is 13.2 Å². The number of thioether (sulfide) groups is 1. The molecule has 0 fully saturated rings. The maximum Gasteiger partial charge on any atom is 0.288 e. The molecule has 0 radical (unpaired) electrons. The molecule has 106 valence electrons. The van der Waals surface area contributed by atoms with E-state index in [2.05, 4.69) is 5.32 Å². The van der Waals surface area contributed by atoms with Crippen LogP contribution < -0.4 is 5.32 Å². The molecule has 0 aliphatic heterocycles. The smallest absolute Gasteiger partial charge is 0.288 e. The Hall–Kier alpha value is -1.49. The fourth-order valence-corrected chi connectivity index (χ4v) is 3.21. The fourth-order valence-electron chi connectivity index (χ4n) is 2.61. The van der Waals surface area contributed by atoms with Crippen LogP contribution in [0.1, 0.15) is 30.2 Å². The van der Waals surface area contributed by atoms with Crippen LogP contribution in [0.5, 0.6) is 0 Å². The molecule has 1 unspecified atom stereocenters. The minimum absolute atomic E-state index is 0.136. The number of benzene rings is 1. The average molecular weight is 295 g/mol. The molecule has 0 amide bonds. The first-order valence-corrected chi connectivity index (χ1v) is 7.48. The van der Waals surface area contributed by atoms with Crippen LogP contribution in [0.4, 0.5) is 14.5 Å². The van der Waals surface area contributed by atoms with Crippen molar-refractivity contribution in [3.63, 3.8) is 0 Å². The van der Waals surface area contributed by atoms with E-state index in [0.29, 0.717) is 16.7 Å². The highest BCUT2D eigenvalue weighted by molar-refractivity contribution is 7.99. The van der Waals surface area contributed by atoms with Crippen molar-refractivity contribution in [2.24, 2.45) is 0 Å². The molecule has 1 heterocycles. The molecular weight excluding hydrogens is 280 g/mol. The van der Waals surface area contributed by atoms with Crippen LogP contribution in [0.2, 0.25) is 0 Å². The third-order valence-corrected chi connectivity index (χ3v) is 4.27. The summed E-state index contributed by atoms with van der Waals surface area (Å²) in [5, 5.41) is 3.38. The molecule has 1 aliphatic rings. The van der Waals surface area contributed by atoms with Crippen molar-refractivity contribution in [1.82, 2.24) is 0 Å². The zero-order chi connectivity index (χ0) is 13.9. The number of hydrogen-bond acceptors (Lipinski definition) is 3. The summed E-state index contributed by atoms with van der Waals surface area (Å²) >= 11 is 0.578. The first-order chi connectivity index (χ1) is 9.74. The van der Waals surface area contributed by atoms with E-state index in [0.717, 1.165) is 36.3 Å². The van der Waals surface area contributed by atoms with Crippen LogP contribution in [0.15, 0.2) is 45.9 Å². The summed E-state index contributed by atoms with van der Waals surface area (Å²) in [5.74, 6) is -1.40. The Morgan fingerprint density at radius 3 is 2.95 bits per heavy atom. The first kappa shape index (κ1) is 13.5. The summed E-state index contributed by atoms with van der Waals surface area (Å²) in [6, 6.07) is 9.31. The molecule has 0 saturated heterocycles. The summed E-state index contributed by atoms with van der Waals surface area (Å²) < 4.78 is 30.6. The predicted molar refractivity (Wildman–Crippen MR) is 76.3 cm³/mol. The molecule has 2 aromatic rings. The monoisotopic (exact) mass is 295 g/mol. The molecule has 1 aromatic carbocycles. The lowest BCUT2D eigenvalue weighted by atomic mass is 9.93. The van der Waals surface area contributed by atoms with Crippen LogP contribution in [-0.2, 0) is 6.42 Å². The zero-order valence-corrected chi connectivity index (χ0v) is 11.6. The van der Waals surface area contributed by atoms with E-state index in [4.69, 9.17) is 4.42 Å². The van der Waals surface area contributed by atoms with Gasteiger partial charge in [0, 0.05) is 22.6 Å². The highest BCUT2D eigenvalue weighted by Crippen LogP contribution is 2.37. The number of rotatable bonds is 4. The highest BCUT2D eigenvalue weighted by Gasteiger charge is 2.23. The summed E-state index contributed by atoms with van der Waals surface area (Å²) in [6.07, 6.45) is 4.68. The molecule has 3 rings (SSSR count). The van der Waals surface area contributed by atoms with E-state index >= 15 is 0 Å². The Morgan fingerprint density at radius 2 is 2.10 bits per heavy atom. The second kappa shape index (κ2) is 5.87. The Kier molecular flexibility index (Phi) is 3.96. The number of fused-ring (bicyclic) bond motifs is 1. The molecule has 0 bridgehead atoms. The molecule has 0 saturated carbocycles. The van der Waals surface area contributed by atoms with Crippen LogP contribution in [0.25, 0.3) is 0 Å². The van der Waals surface area contributed by atoms with Gasteiger partial charge in [-0.1, -0.05) is 23.9 Å². The maximum atomic E-state index is 12.6. The topological polar surface area (TPSA) is 25.2 Å². The van der Waals surface area contributed by atoms with Gasteiger partial charge in [0.15, 0.2) is 0 Å². The Bertz CT molecular complexity index is 585. The maximum absolute atomic E-state index is 12.6. The number of aryl methyl sites for hydroxylation is 1. The van der Waals surface area contributed by atoms with Crippen molar-refractivity contribution in [3.8, 4) is 0 Å². The Labute approximate surface area is 120 Å². The number of anilines is 1. The lowest BCUT2D eigenvalue weighted by molar-refractivity contribution is 0.252. The van der Waals surface area contributed by atoms with E-state index in [1.165, 1.54) is 0 Å². The second-order valence-corrected chi connectivity index (χ2v) is 5.79. The molecule has 1 N–H and O–H groups in total. The van der Waals surface area contributed by atoms with Gasteiger partial charge >= 0.3 is 0 Å². The van der Waals surface area contributed by atoms with Gasteiger partial charge in [-0.15, -0.1) is 0 Å². The average Bonchev–Trinajstić information content (AvgIpc) is 2.90. The van der Waals surface area contributed by atoms with Crippen molar-refractivity contribution in [3.05, 3.63) is 47.9 Å². The molecule has 2 nitrogen and oxygen atoms in total. The summed E-state index contributed by atoms with van der Waals surface area (Å²) in [7, 11) is 0. The number of nitrogens with one attached hydrogen (secondary N) is 1. The zero-order valence-electron chi connectivity index (χ0n) is 10.8. The molecule has 0 spiro atoms. The number of alkyl halides is 2. The van der Waals surface area contributed by atoms with Crippen molar-refractivity contribution in [1.29, 1.82) is 0 Å². The van der Waals surface area contributed by atoms with E-state index in [1.807, 2.05) is 18.2 Å². The quantitative estimate of drug-likeness (QED) is 0.796.